The van der Waals surface area contributed by atoms with Gasteiger partial charge in [-0.15, -0.1) is 0 Å². The van der Waals surface area contributed by atoms with Gasteiger partial charge in [0.1, 0.15) is 11.6 Å². The summed E-state index contributed by atoms with van der Waals surface area (Å²) in [7, 11) is 0. The van der Waals surface area contributed by atoms with E-state index in [1.165, 1.54) is 30.3 Å². The van der Waals surface area contributed by atoms with Gasteiger partial charge in [0, 0.05) is 30.8 Å². The van der Waals surface area contributed by atoms with E-state index < -0.39 is 16.6 Å². The largest absolute Gasteiger partial charge is 0.308 e. The van der Waals surface area contributed by atoms with E-state index in [1.54, 1.807) is 12.1 Å². The van der Waals surface area contributed by atoms with Crippen LogP contribution in [0.15, 0.2) is 42.5 Å². The van der Waals surface area contributed by atoms with E-state index in [1.807, 2.05) is 0 Å². The van der Waals surface area contributed by atoms with Crippen molar-refractivity contribution in [3.05, 3.63) is 75.3 Å². The molecule has 0 aliphatic heterocycles. The first-order chi connectivity index (χ1) is 9.58. The van der Waals surface area contributed by atoms with Crippen LogP contribution in [0.25, 0.3) is 0 Å². The summed E-state index contributed by atoms with van der Waals surface area (Å²) in [6, 6.07) is 9.69. The zero-order valence-corrected chi connectivity index (χ0v) is 10.5. The third-order valence-corrected chi connectivity index (χ3v) is 2.84. The molecular formula is C14H12F2N2O2. The van der Waals surface area contributed by atoms with Crippen LogP contribution in [0.4, 0.5) is 14.5 Å². The minimum atomic E-state index is -0.596. The predicted octanol–water partition coefficient (Wildman–Crippen LogP) is 3.16. The van der Waals surface area contributed by atoms with Gasteiger partial charge in [0.2, 0.25) is 0 Å². The number of rotatable bonds is 5. The Labute approximate surface area is 114 Å². The molecule has 0 fully saturated rings. The van der Waals surface area contributed by atoms with Crippen LogP contribution in [0, 0.1) is 21.7 Å². The highest BCUT2D eigenvalue weighted by Gasteiger charge is 2.08. The summed E-state index contributed by atoms with van der Waals surface area (Å²) in [6.07, 6.45) is 0. The zero-order valence-electron chi connectivity index (χ0n) is 10.5. The first-order valence-electron chi connectivity index (χ1n) is 5.95. The number of hydrogen-bond donors (Lipinski definition) is 1. The van der Waals surface area contributed by atoms with Crippen LogP contribution in [0.5, 0.6) is 0 Å². The third kappa shape index (κ3) is 3.36. The Morgan fingerprint density at radius 2 is 1.60 bits per heavy atom. The molecule has 0 saturated carbocycles. The molecule has 20 heavy (non-hydrogen) atoms. The van der Waals surface area contributed by atoms with Gasteiger partial charge < -0.3 is 5.32 Å². The van der Waals surface area contributed by atoms with Crippen LogP contribution in [-0.2, 0) is 13.1 Å². The molecule has 4 nitrogen and oxygen atoms in total. The minimum absolute atomic E-state index is 0.00824. The first-order valence-corrected chi connectivity index (χ1v) is 5.95. The van der Waals surface area contributed by atoms with Gasteiger partial charge in [0.05, 0.1) is 4.92 Å². The number of nitrogens with zero attached hydrogens (tertiary/aromatic N) is 1. The molecule has 0 amide bonds. The Morgan fingerprint density at radius 3 is 2.15 bits per heavy atom. The van der Waals surface area contributed by atoms with E-state index in [0.717, 1.165) is 5.56 Å². The number of nitro benzene ring substituents is 1. The molecule has 0 saturated heterocycles. The molecule has 2 rings (SSSR count). The number of non-ortho nitro benzene ring substituents is 1. The molecule has 0 atom stereocenters. The van der Waals surface area contributed by atoms with Crippen LogP contribution < -0.4 is 5.32 Å². The number of benzene rings is 2. The lowest BCUT2D eigenvalue weighted by Gasteiger charge is -2.07. The Balaban J connectivity index is 1.94. The molecule has 0 aromatic heterocycles. The van der Waals surface area contributed by atoms with Crippen molar-refractivity contribution in [2.24, 2.45) is 0 Å². The van der Waals surface area contributed by atoms with E-state index in [9.17, 15) is 18.9 Å². The van der Waals surface area contributed by atoms with Crippen LogP contribution in [0.3, 0.4) is 0 Å². The summed E-state index contributed by atoms with van der Waals surface area (Å²) in [4.78, 5) is 10.0. The van der Waals surface area contributed by atoms with Crippen molar-refractivity contribution >= 4 is 5.69 Å². The van der Waals surface area contributed by atoms with Crippen LogP contribution in [0.1, 0.15) is 11.1 Å². The van der Waals surface area contributed by atoms with Gasteiger partial charge in [0.15, 0.2) is 0 Å². The number of hydrogen-bond acceptors (Lipinski definition) is 3. The van der Waals surface area contributed by atoms with Gasteiger partial charge in [-0.25, -0.2) is 8.78 Å². The highest BCUT2D eigenvalue weighted by molar-refractivity contribution is 5.32. The average molecular weight is 278 g/mol. The highest BCUT2D eigenvalue weighted by atomic mass is 19.1. The van der Waals surface area contributed by atoms with Crippen molar-refractivity contribution < 1.29 is 13.7 Å². The SMILES string of the molecule is O=[N+]([O-])c1ccc(CNCc2c(F)cccc2F)cc1. The Hall–Kier alpha value is -2.34. The molecule has 0 spiro atoms. The molecule has 0 aliphatic rings. The number of nitro groups is 1. The quantitative estimate of drug-likeness (QED) is 0.675. The second-order valence-electron chi connectivity index (χ2n) is 4.23. The Morgan fingerprint density at radius 1 is 1.00 bits per heavy atom. The van der Waals surface area contributed by atoms with Crippen molar-refractivity contribution in [3.8, 4) is 0 Å². The van der Waals surface area contributed by atoms with Crippen molar-refractivity contribution in [1.29, 1.82) is 0 Å². The van der Waals surface area contributed by atoms with Crippen molar-refractivity contribution in [3.63, 3.8) is 0 Å². The Bertz CT molecular complexity index is 595. The molecule has 0 heterocycles. The van der Waals surface area contributed by atoms with Gasteiger partial charge in [0.25, 0.3) is 5.69 Å². The van der Waals surface area contributed by atoms with Crippen LogP contribution in [-0.4, -0.2) is 4.92 Å². The normalized spacial score (nSPS) is 10.5. The highest BCUT2D eigenvalue weighted by Crippen LogP contribution is 2.13. The third-order valence-electron chi connectivity index (χ3n) is 2.84. The van der Waals surface area contributed by atoms with Crippen LogP contribution in [0.2, 0.25) is 0 Å². The fourth-order valence-corrected chi connectivity index (χ4v) is 1.77. The lowest BCUT2D eigenvalue weighted by atomic mass is 10.1. The van der Waals surface area contributed by atoms with E-state index >= 15 is 0 Å². The minimum Gasteiger partial charge on any atom is -0.308 e. The van der Waals surface area contributed by atoms with Gasteiger partial charge >= 0.3 is 0 Å². The van der Waals surface area contributed by atoms with Crippen molar-refractivity contribution in [2.45, 2.75) is 13.1 Å². The van der Waals surface area contributed by atoms with Crippen LogP contribution >= 0.6 is 0 Å². The molecule has 0 bridgehead atoms. The molecule has 1 N–H and O–H groups in total. The summed E-state index contributed by atoms with van der Waals surface area (Å²) in [5, 5.41) is 13.4. The fraction of sp³-hybridized carbons (Fsp3) is 0.143. The lowest BCUT2D eigenvalue weighted by Crippen LogP contribution is -2.15. The summed E-state index contributed by atoms with van der Waals surface area (Å²) in [5.74, 6) is -1.19. The molecule has 0 radical (unpaired) electrons. The summed E-state index contributed by atoms with van der Waals surface area (Å²) in [6.45, 7) is 0.418. The first kappa shape index (κ1) is 14.1. The fourth-order valence-electron chi connectivity index (χ4n) is 1.77. The summed E-state index contributed by atoms with van der Waals surface area (Å²) >= 11 is 0. The average Bonchev–Trinajstić information content (AvgIpc) is 2.42. The lowest BCUT2D eigenvalue weighted by molar-refractivity contribution is -0.384. The smallest absolute Gasteiger partial charge is 0.269 e. The van der Waals surface area contributed by atoms with Crippen molar-refractivity contribution in [1.82, 2.24) is 5.32 Å². The maximum atomic E-state index is 13.4. The van der Waals surface area contributed by atoms with Gasteiger partial charge in [-0.1, -0.05) is 18.2 Å². The van der Waals surface area contributed by atoms with Gasteiger partial charge in [-0.2, -0.15) is 0 Å². The van der Waals surface area contributed by atoms with Crippen molar-refractivity contribution in [2.75, 3.05) is 0 Å². The van der Waals surface area contributed by atoms with E-state index in [4.69, 9.17) is 0 Å². The second-order valence-corrected chi connectivity index (χ2v) is 4.23. The molecule has 104 valence electrons. The predicted molar refractivity (Wildman–Crippen MR) is 70.0 cm³/mol. The van der Waals surface area contributed by atoms with E-state index in [-0.39, 0.29) is 17.8 Å². The molecule has 6 heteroatoms. The topological polar surface area (TPSA) is 55.2 Å². The second kappa shape index (κ2) is 6.21. The van der Waals surface area contributed by atoms with Gasteiger partial charge in [-0.3, -0.25) is 10.1 Å². The number of nitrogens with one attached hydrogen (secondary N) is 1. The molecule has 2 aromatic rings. The number of halogens is 2. The monoisotopic (exact) mass is 278 g/mol. The zero-order chi connectivity index (χ0) is 14.5. The maximum absolute atomic E-state index is 13.4. The molecule has 2 aromatic carbocycles. The molecule has 0 aliphatic carbocycles. The van der Waals surface area contributed by atoms with Gasteiger partial charge in [-0.05, 0) is 17.7 Å². The van der Waals surface area contributed by atoms with E-state index in [0.29, 0.717) is 6.54 Å². The summed E-state index contributed by atoms with van der Waals surface area (Å²) in [5.41, 5.74) is 0.788. The molecular weight excluding hydrogens is 266 g/mol. The Kier molecular flexibility index (Phi) is 4.37. The summed E-state index contributed by atoms with van der Waals surface area (Å²) < 4.78 is 26.7. The maximum Gasteiger partial charge on any atom is 0.269 e. The van der Waals surface area contributed by atoms with E-state index in [2.05, 4.69) is 5.32 Å². The standard InChI is InChI=1S/C14H12F2N2O2/c15-13-2-1-3-14(16)12(13)9-17-8-10-4-6-11(7-5-10)18(19)20/h1-7,17H,8-9H2. The molecule has 0 unspecified atom stereocenters.